The van der Waals surface area contributed by atoms with Gasteiger partial charge in [0.2, 0.25) is 0 Å². The molecule has 0 atom stereocenters. The van der Waals surface area contributed by atoms with Crippen molar-refractivity contribution < 1.29 is 26.7 Å². The molecule has 0 radical (unpaired) electrons. The molecule has 0 aliphatic heterocycles. The van der Waals surface area contributed by atoms with Gasteiger partial charge < -0.3 is 4.74 Å². The van der Waals surface area contributed by atoms with Crippen molar-refractivity contribution >= 4 is 0 Å². The lowest BCUT2D eigenvalue weighted by Crippen LogP contribution is -2.38. The highest BCUT2D eigenvalue weighted by atomic mass is 19.3. The van der Waals surface area contributed by atoms with Crippen molar-refractivity contribution in [1.29, 1.82) is 0 Å². The number of ether oxygens (including phenoxy) is 1. The smallest absolute Gasteiger partial charge is 0.317 e. The Morgan fingerprint density at radius 3 is 1.94 bits per heavy atom. The third kappa shape index (κ3) is 6.56. The predicted octanol–water partition coefficient (Wildman–Crippen LogP) is 9.22. The van der Waals surface area contributed by atoms with E-state index in [4.69, 9.17) is 4.74 Å². The summed E-state index contributed by atoms with van der Waals surface area (Å²) >= 11 is 0. The van der Waals surface area contributed by atoms with Gasteiger partial charge in [0.05, 0.1) is 12.0 Å². The second-order valence-electron chi connectivity index (χ2n) is 10.3. The molecule has 2 fully saturated rings. The van der Waals surface area contributed by atoms with Crippen molar-refractivity contribution in [2.75, 3.05) is 0 Å². The molecule has 0 heterocycles. The van der Waals surface area contributed by atoms with Gasteiger partial charge in [-0.15, -0.1) is 0 Å². The van der Waals surface area contributed by atoms with Crippen molar-refractivity contribution in [3.05, 3.63) is 82.7 Å². The molecule has 196 valence electrons. The number of alkyl halides is 2. The number of hydrogen-bond acceptors (Lipinski definition) is 1. The third-order valence-corrected chi connectivity index (χ3v) is 7.96. The minimum absolute atomic E-state index is 0.187. The van der Waals surface area contributed by atoms with Gasteiger partial charge in [-0.1, -0.05) is 36.4 Å². The number of hydrogen-bond donors (Lipinski definition) is 0. The molecule has 2 saturated carbocycles. The van der Waals surface area contributed by atoms with E-state index in [1.165, 1.54) is 11.1 Å². The van der Waals surface area contributed by atoms with E-state index in [-0.39, 0.29) is 5.92 Å². The van der Waals surface area contributed by atoms with E-state index in [9.17, 15) is 13.2 Å². The molecule has 0 unspecified atom stereocenters. The Kier molecular flexibility index (Phi) is 8.87. The van der Waals surface area contributed by atoms with Crippen LogP contribution in [0.25, 0.3) is 0 Å². The molecule has 0 bridgehead atoms. The third-order valence-electron chi connectivity index (χ3n) is 7.96. The average Bonchev–Trinajstić information content (AvgIpc) is 2.88. The summed E-state index contributed by atoms with van der Waals surface area (Å²) in [5, 5.41) is 0. The van der Waals surface area contributed by atoms with Gasteiger partial charge in [-0.05, 0) is 112 Å². The molecule has 0 aromatic heterocycles. The van der Waals surface area contributed by atoms with Crippen LogP contribution in [0, 0.1) is 23.4 Å². The second kappa shape index (κ2) is 11.9. The van der Waals surface area contributed by atoms with E-state index < -0.39 is 35.6 Å². The van der Waals surface area contributed by atoms with Gasteiger partial charge in [0.15, 0.2) is 17.5 Å². The van der Waals surface area contributed by atoms with Gasteiger partial charge in [-0.25, -0.2) is 13.2 Å². The Hall–Kier alpha value is -2.21. The first-order chi connectivity index (χ1) is 17.3. The highest BCUT2D eigenvalue weighted by molar-refractivity contribution is 5.26. The van der Waals surface area contributed by atoms with E-state index in [2.05, 4.69) is 36.4 Å². The monoisotopic (exact) mass is 506 g/mol. The molecular weight excluding hydrogens is 471 g/mol. The van der Waals surface area contributed by atoms with Crippen LogP contribution in [0.5, 0.6) is 0 Å². The number of aryl methyl sites for hydroxylation is 1. The number of benzene rings is 2. The lowest BCUT2D eigenvalue weighted by atomic mass is 9.78. The molecule has 0 N–H and O–H groups in total. The molecule has 0 spiro atoms. The molecule has 36 heavy (non-hydrogen) atoms. The Bertz CT molecular complexity index is 993. The molecule has 0 saturated heterocycles. The maximum absolute atomic E-state index is 15.0. The van der Waals surface area contributed by atoms with E-state index in [0.717, 1.165) is 37.8 Å². The van der Waals surface area contributed by atoms with Gasteiger partial charge in [0, 0.05) is 0 Å². The van der Waals surface area contributed by atoms with Gasteiger partial charge in [-0.3, -0.25) is 0 Å². The molecule has 2 aliphatic rings. The summed E-state index contributed by atoms with van der Waals surface area (Å²) in [6.45, 7) is 2.02. The van der Waals surface area contributed by atoms with E-state index in [0.29, 0.717) is 50.0 Å². The van der Waals surface area contributed by atoms with E-state index >= 15 is 8.78 Å². The van der Waals surface area contributed by atoms with Gasteiger partial charge in [-0.2, -0.15) is 8.78 Å². The van der Waals surface area contributed by atoms with Gasteiger partial charge in [0.25, 0.3) is 0 Å². The van der Waals surface area contributed by atoms with Crippen LogP contribution in [-0.2, 0) is 11.2 Å². The van der Waals surface area contributed by atoms with Crippen LogP contribution < -0.4 is 0 Å². The molecule has 1 nitrogen and oxygen atoms in total. The lowest BCUT2D eigenvalue weighted by Gasteiger charge is -2.37. The Morgan fingerprint density at radius 2 is 1.36 bits per heavy atom. The molecule has 0 amide bonds. The zero-order valence-corrected chi connectivity index (χ0v) is 20.8. The SMILES string of the molecule is C/C=C/CCc1ccc(C2CCC(C(F)(F)OC3CCC(c4cc(F)c(F)c(F)c4)CC3)CC2)cc1. The average molecular weight is 507 g/mol. The van der Waals surface area contributed by atoms with Gasteiger partial charge >= 0.3 is 6.11 Å². The van der Waals surface area contributed by atoms with Crippen LogP contribution in [0.4, 0.5) is 22.0 Å². The van der Waals surface area contributed by atoms with Crippen LogP contribution in [0.15, 0.2) is 48.6 Å². The fraction of sp³-hybridized carbons (Fsp3) is 0.533. The van der Waals surface area contributed by atoms with Crippen LogP contribution in [0.2, 0.25) is 0 Å². The minimum Gasteiger partial charge on any atom is -0.317 e. The first-order valence-corrected chi connectivity index (χ1v) is 13.2. The molecule has 4 rings (SSSR count). The maximum atomic E-state index is 15.0. The maximum Gasteiger partial charge on any atom is 0.358 e. The number of halogens is 5. The first kappa shape index (κ1) is 26.8. The minimum atomic E-state index is -3.19. The Morgan fingerprint density at radius 1 is 0.806 bits per heavy atom. The van der Waals surface area contributed by atoms with E-state index in [1.54, 1.807) is 0 Å². The summed E-state index contributed by atoms with van der Waals surface area (Å²) in [7, 11) is 0. The number of rotatable bonds is 8. The van der Waals surface area contributed by atoms with Gasteiger partial charge in [0.1, 0.15) is 0 Å². The fourth-order valence-electron chi connectivity index (χ4n) is 5.78. The summed E-state index contributed by atoms with van der Waals surface area (Å²) in [6, 6.07) is 10.6. The molecule has 2 aromatic rings. The van der Waals surface area contributed by atoms with Crippen molar-refractivity contribution in [2.45, 2.75) is 95.2 Å². The molecule has 2 aromatic carbocycles. The van der Waals surface area contributed by atoms with E-state index in [1.807, 2.05) is 6.92 Å². The van der Waals surface area contributed by atoms with Crippen LogP contribution in [0.1, 0.15) is 93.2 Å². The predicted molar refractivity (Wildman–Crippen MR) is 132 cm³/mol. The van der Waals surface area contributed by atoms with Crippen molar-refractivity contribution in [2.24, 2.45) is 5.92 Å². The standard InChI is InChI=1S/C30H35F5O/c1-2-3-4-5-20-6-8-21(9-7-20)22-10-14-25(15-11-22)30(34,35)36-26-16-12-23(13-17-26)24-18-27(31)29(33)28(32)19-24/h2-3,6-9,18-19,22-23,25-26H,4-5,10-17H2,1H3/b3-2+. The first-order valence-electron chi connectivity index (χ1n) is 13.2. The highest BCUT2D eigenvalue weighted by Crippen LogP contribution is 2.45. The normalized spacial score (nSPS) is 25.4. The van der Waals surface area contributed by atoms with Crippen LogP contribution in [-0.4, -0.2) is 12.2 Å². The van der Waals surface area contributed by atoms with Crippen LogP contribution in [0.3, 0.4) is 0 Å². The van der Waals surface area contributed by atoms with Crippen molar-refractivity contribution in [3.63, 3.8) is 0 Å². The Balaban J connectivity index is 1.25. The summed E-state index contributed by atoms with van der Waals surface area (Å²) in [4.78, 5) is 0. The summed E-state index contributed by atoms with van der Waals surface area (Å²) in [5.74, 6) is -4.60. The highest BCUT2D eigenvalue weighted by Gasteiger charge is 2.45. The molecule has 2 aliphatic carbocycles. The van der Waals surface area contributed by atoms with Crippen molar-refractivity contribution in [3.8, 4) is 0 Å². The molecule has 6 heteroatoms. The topological polar surface area (TPSA) is 9.23 Å². The van der Waals surface area contributed by atoms with Crippen molar-refractivity contribution in [1.82, 2.24) is 0 Å². The summed E-state index contributed by atoms with van der Waals surface area (Å²) < 4.78 is 75.8. The second-order valence-corrected chi connectivity index (χ2v) is 10.3. The zero-order chi connectivity index (χ0) is 25.7. The van der Waals surface area contributed by atoms with Crippen LogP contribution >= 0.6 is 0 Å². The zero-order valence-electron chi connectivity index (χ0n) is 20.8. The summed E-state index contributed by atoms with van der Waals surface area (Å²) in [5.41, 5.74) is 2.88. The molecular formula is C30H35F5O. The Labute approximate surface area is 210 Å². The largest absolute Gasteiger partial charge is 0.358 e. The summed E-state index contributed by atoms with van der Waals surface area (Å²) in [6.07, 6.45) is 6.44. The quantitative estimate of drug-likeness (QED) is 0.197. The fourth-order valence-corrected chi connectivity index (χ4v) is 5.78. The lowest BCUT2D eigenvalue weighted by molar-refractivity contribution is -0.300. The number of allylic oxidation sites excluding steroid dienone is 2.